The number of carbonyl (C=O) groups excluding carboxylic acids is 2. The van der Waals surface area contributed by atoms with Crippen molar-refractivity contribution in [3.63, 3.8) is 0 Å². The summed E-state index contributed by atoms with van der Waals surface area (Å²) in [6.45, 7) is 4.04. The molecule has 4 nitrogen and oxygen atoms in total. The molecular formula is C21H23FN2O2. The number of hydrogen-bond acceptors (Lipinski definition) is 2. The highest BCUT2D eigenvalue weighted by atomic mass is 19.1. The molecule has 0 saturated carbocycles. The van der Waals surface area contributed by atoms with Crippen LogP contribution in [0.25, 0.3) is 0 Å². The average Bonchev–Trinajstić information content (AvgIpc) is 2.64. The quantitative estimate of drug-likeness (QED) is 0.847. The molecule has 0 spiro atoms. The van der Waals surface area contributed by atoms with E-state index in [1.807, 2.05) is 31.2 Å². The number of benzene rings is 2. The monoisotopic (exact) mass is 354 g/mol. The lowest BCUT2D eigenvalue weighted by Gasteiger charge is -2.35. The molecule has 0 aromatic heterocycles. The Morgan fingerprint density at radius 1 is 0.885 bits per heavy atom. The molecule has 0 aliphatic carbocycles. The molecule has 1 fully saturated rings. The smallest absolute Gasteiger partial charge is 0.227 e. The maximum Gasteiger partial charge on any atom is 0.227 e. The zero-order valence-corrected chi connectivity index (χ0v) is 15.0. The summed E-state index contributed by atoms with van der Waals surface area (Å²) in [6, 6.07) is 14.3. The van der Waals surface area contributed by atoms with Gasteiger partial charge in [-0.3, -0.25) is 9.59 Å². The Balaban J connectivity index is 1.51. The molecule has 26 heavy (non-hydrogen) atoms. The van der Waals surface area contributed by atoms with E-state index in [-0.39, 0.29) is 24.1 Å². The number of rotatable bonds is 4. The van der Waals surface area contributed by atoms with E-state index < -0.39 is 0 Å². The van der Waals surface area contributed by atoms with Crippen molar-refractivity contribution < 1.29 is 14.0 Å². The zero-order valence-electron chi connectivity index (χ0n) is 15.0. The minimum Gasteiger partial charge on any atom is -0.339 e. The third-order valence-corrected chi connectivity index (χ3v) is 4.72. The Kier molecular flexibility index (Phi) is 5.66. The topological polar surface area (TPSA) is 40.6 Å². The van der Waals surface area contributed by atoms with Crippen molar-refractivity contribution in [1.29, 1.82) is 0 Å². The van der Waals surface area contributed by atoms with Gasteiger partial charge in [0.25, 0.3) is 0 Å². The van der Waals surface area contributed by atoms with E-state index in [1.54, 1.807) is 28.0 Å². The first-order valence-corrected chi connectivity index (χ1v) is 8.87. The summed E-state index contributed by atoms with van der Waals surface area (Å²) >= 11 is 0. The predicted octanol–water partition coefficient (Wildman–Crippen LogP) is 2.59. The van der Waals surface area contributed by atoms with Crippen molar-refractivity contribution >= 4 is 11.8 Å². The number of nitrogens with zero attached hydrogens (tertiary/aromatic N) is 2. The Hall–Kier alpha value is -2.69. The molecule has 2 aromatic rings. The van der Waals surface area contributed by atoms with Crippen LogP contribution in [0, 0.1) is 12.7 Å². The molecule has 0 bridgehead atoms. The number of hydrogen-bond donors (Lipinski definition) is 0. The second-order valence-corrected chi connectivity index (χ2v) is 6.70. The number of amides is 2. The molecule has 0 N–H and O–H groups in total. The second kappa shape index (κ2) is 8.13. The van der Waals surface area contributed by atoms with Gasteiger partial charge in [-0.25, -0.2) is 4.39 Å². The van der Waals surface area contributed by atoms with E-state index in [9.17, 15) is 14.0 Å². The van der Waals surface area contributed by atoms with E-state index >= 15 is 0 Å². The van der Waals surface area contributed by atoms with Crippen molar-refractivity contribution in [1.82, 2.24) is 9.80 Å². The number of aryl methyl sites for hydroxylation is 1. The first-order chi connectivity index (χ1) is 12.5. The summed E-state index contributed by atoms with van der Waals surface area (Å²) in [7, 11) is 0. The number of carbonyl (C=O) groups is 2. The van der Waals surface area contributed by atoms with E-state index in [4.69, 9.17) is 0 Å². The van der Waals surface area contributed by atoms with Gasteiger partial charge in [-0.1, -0.05) is 48.0 Å². The maximum absolute atomic E-state index is 13.7. The summed E-state index contributed by atoms with van der Waals surface area (Å²) in [5.74, 6) is -0.370. The molecule has 2 amide bonds. The van der Waals surface area contributed by atoms with Crippen molar-refractivity contribution in [2.45, 2.75) is 19.8 Å². The molecule has 1 saturated heterocycles. The fraction of sp³-hybridized carbons (Fsp3) is 0.333. The first-order valence-electron chi connectivity index (χ1n) is 8.87. The normalized spacial score (nSPS) is 14.4. The summed E-state index contributed by atoms with van der Waals surface area (Å²) in [6.07, 6.45) is 0.439. The van der Waals surface area contributed by atoms with Crippen LogP contribution in [0.3, 0.4) is 0 Å². The highest BCUT2D eigenvalue weighted by Crippen LogP contribution is 2.12. The highest BCUT2D eigenvalue weighted by Gasteiger charge is 2.24. The molecule has 2 aromatic carbocycles. The minimum atomic E-state index is -0.354. The molecule has 1 aliphatic rings. The molecule has 3 rings (SSSR count). The lowest BCUT2D eigenvalue weighted by Crippen LogP contribution is -2.51. The maximum atomic E-state index is 13.7. The van der Waals surface area contributed by atoms with Crippen LogP contribution in [-0.2, 0) is 22.4 Å². The van der Waals surface area contributed by atoms with Crippen molar-refractivity contribution in [3.8, 4) is 0 Å². The van der Waals surface area contributed by atoms with Crippen LogP contribution >= 0.6 is 0 Å². The van der Waals surface area contributed by atoms with Crippen LogP contribution in [0.1, 0.15) is 16.7 Å². The van der Waals surface area contributed by atoms with Gasteiger partial charge in [0.05, 0.1) is 12.8 Å². The standard InChI is InChI=1S/C21H23FN2O2/c1-16-5-4-6-17(13-16)14-20(25)23-9-11-24(12-10-23)21(26)15-18-7-2-3-8-19(18)22/h2-8,13H,9-12,14-15H2,1H3. The Morgan fingerprint density at radius 3 is 2.12 bits per heavy atom. The van der Waals surface area contributed by atoms with Gasteiger partial charge in [-0.2, -0.15) is 0 Å². The minimum absolute atomic E-state index is 0.0594. The summed E-state index contributed by atoms with van der Waals surface area (Å²) in [5.41, 5.74) is 2.56. The third-order valence-electron chi connectivity index (χ3n) is 4.72. The molecule has 5 heteroatoms. The van der Waals surface area contributed by atoms with Crippen LogP contribution in [-0.4, -0.2) is 47.8 Å². The predicted molar refractivity (Wildman–Crippen MR) is 98.1 cm³/mol. The summed E-state index contributed by atoms with van der Waals surface area (Å²) < 4.78 is 13.7. The summed E-state index contributed by atoms with van der Waals surface area (Å²) in [4.78, 5) is 28.4. The van der Waals surface area contributed by atoms with Crippen LogP contribution in [0.5, 0.6) is 0 Å². The average molecular weight is 354 g/mol. The van der Waals surface area contributed by atoms with E-state index in [1.165, 1.54) is 6.07 Å². The fourth-order valence-corrected chi connectivity index (χ4v) is 3.23. The molecule has 136 valence electrons. The van der Waals surface area contributed by atoms with Gasteiger partial charge in [0.2, 0.25) is 11.8 Å². The SMILES string of the molecule is Cc1cccc(CC(=O)N2CCN(C(=O)Cc3ccccc3F)CC2)c1. The van der Waals surface area contributed by atoms with Gasteiger partial charge in [-0.05, 0) is 24.1 Å². The number of piperazine rings is 1. The van der Waals surface area contributed by atoms with E-state index in [0.717, 1.165) is 11.1 Å². The Morgan fingerprint density at radius 2 is 1.50 bits per heavy atom. The third kappa shape index (κ3) is 4.48. The van der Waals surface area contributed by atoms with E-state index in [0.29, 0.717) is 38.2 Å². The fourth-order valence-electron chi connectivity index (χ4n) is 3.23. The lowest BCUT2D eigenvalue weighted by molar-refractivity contribution is -0.138. The van der Waals surface area contributed by atoms with Gasteiger partial charge in [-0.15, -0.1) is 0 Å². The van der Waals surface area contributed by atoms with Crippen molar-refractivity contribution in [2.24, 2.45) is 0 Å². The van der Waals surface area contributed by atoms with Crippen LogP contribution in [0.4, 0.5) is 4.39 Å². The van der Waals surface area contributed by atoms with Gasteiger partial charge >= 0.3 is 0 Å². The molecule has 1 aliphatic heterocycles. The van der Waals surface area contributed by atoms with Gasteiger partial charge < -0.3 is 9.80 Å². The molecule has 0 unspecified atom stereocenters. The first kappa shape index (κ1) is 18.1. The van der Waals surface area contributed by atoms with Gasteiger partial charge in [0.15, 0.2) is 0 Å². The largest absolute Gasteiger partial charge is 0.339 e. The molecule has 0 radical (unpaired) electrons. The Labute approximate surface area is 153 Å². The van der Waals surface area contributed by atoms with E-state index in [2.05, 4.69) is 0 Å². The van der Waals surface area contributed by atoms with Crippen LogP contribution in [0.2, 0.25) is 0 Å². The molecular weight excluding hydrogens is 331 g/mol. The number of halogens is 1. The van der Waals surface area contributed by atoms with Crippen molar-refractivity contribution in [3.05, 3.63) is 71.0 Å². The van der Waals surface area contributed by atoms with Gasteiger partial charge in [0.1, 0.15) is 5.82 Å². The second-order valence-electron chi connectivity index (χ2n) is 6.70. The highest BCUT2D eigenvalue weighted by molar-refractivity contribution is 5.81. The Bertz CT molecular complexity index is 798. The molecule has 0 atom stereocenters. The van der Waals surface area contributed by atoms with Crippen molar-refractivity contribution in [2.75, 3.05) is 26.2 Å². The summed E-state index contributed by atoms with van der Waals surface area (Å²) in [5, 5.41) is 0. The molecule has 1 heterocycles. The zero-order chi connectivity index (χ0) is 18.5. The van der Waals surface area contributed by atoms with Crippen LogP contribution < -0.4 is 0 Å². The van der Waals surface area contributed by atoms with Crippen LogP contribution in [0.15, 0.2) is 48.5 Å². The van der Waals surface area contributed by atoms with Gasteiger partial charge in [0, 0.05) is 26.2 Å². The lowest BCUT2D eigenvalue weighted by atomic mass is 10.1.